The monoisotopic (exact) mass is 286 g/mol. The molecule has 2 aromatic rings. The zero-order valence-corrected chi connectivity index (χ0v) is 12.4. The molecule has 2 unspecified atom stereocenters. The first-order valence-corrected chi connectivity index (χ1v) is 7.56. The molecule has 1 aliphatic rings. The Hall–Kier alpha value is -1.72. The molecule has 0 amide bonds. The SMILES string of the molecule is Cn1cc(CNCC2CCCC2O)c(-c2ccncc2)n1. The van der Waals surface area contributed by atoms with Gasteiger partial charge in [0.05, 0.1) is 11.8 Å². The van der Waals surface area contributed by atoms with Gasteiger partial charge in [-0.3, -0.25) is 9.67 Å². The summed E-state index contributed by atoms with van der Waals surface area (Å²) in [5.41, 5.74) is 3.26. The first kappa shape index (κ1) is 14.2. The van der Waals surface area contributed by atoms with E-state index in [0.717, 1.165) is 43.6 Å². The number of aromatic nitrogens is 3. The standard InChI is InChI=1S/C16H22N4O/c1-20-11-14(10-18-9-13-3-2-4-15(13)21)16(19-20)12-5-7-17-8-6-12/h5-8,11,13,15,18,21H,2-4,9-10H2,1H3. The van der Waals surface area contributed by atoms with Gasteiger partial charge in [-0.2, -0.15) is 5.10 Å². The minimum Gasteiger partial charge on any atom is -0.393 e. The maximum Gasteiger partial charge on any atom is 0.0969 e. The molecule has 0 radical (unpaired) electrons. The smallest absolute Gasteiger partial charge is 0.0969 e. The molecule has 0 spiro atoms. The Kier molecular flexibility index (Phi) is 4.31. The van der Waals surface area contributed by atoms with Crippen LogP contribution < -0.4 is 5.32 Å². The van der Waals surface area contributed by atoms with Crippen LogP contribution in [0, 0.1) is 5.92 Å². The van der Waals surface area contributed by atoms with E-state index in [1.54, 1.807) is 12.4 Å². The van der Waals surface area contributed by atoms with Crippen LogP contribution in [0.3, 0.4) is 0 Å². The van der Waals surface area contributed by atoms with Gasteiger partial charge in [-0.15, -0.1) is 0 Å². The Labute approximate surface area is 125 Å². The first-order chi connectivity index (χ1) is 10.2. The molecule has 21 heavy (non-hydrogen) atoms. The predicted octanol–water partition coefficient (Wildman–Crippen LogP) is 1.73. The number of rotatable bonds is 5. The van der Waals surface area contributed by atoms with Crippen LogP contribution in [0.2, 0.25) is 0 Å². The molecule has 0 bridgehead atoms. The topological polar surface area (TPSA) is 63.0 Å². The second-order valence-electron chi connectivity index (χ2n) is 5.80. The van der Waals surface area contributed by atoms with Crippen LogP contribution in [0.15, 0.2) is 30.7 Å². The maximum absolute atomic E-state index is 9.86. The third-order valence-corrected chi connectivity index (χ3v) is 4.20. The van der Waals surface area contributed by atoms with Crippen molar-refractivity contribution < 1.29 is 5.11 Å². The van der Waals surface area contributed by atoms with Crippen LogP contribution >= 0.6 is 0 Å². The van der Waals surface area contributed by atoms with Crippen molar-refractivity contribution >= 4 is 0 Å². The zero-order valence-electron chi connectivity index (χ0n) is 12.4. The van der Waals surface area contributed by atoms with E-state index in [1.165, 1.54) is 5.56 Å². The quantitative estimate of drug-likeness (QED) is 0.878. The number of aryl methyl sites for hydroxylation is 1. The Morgan fingerprint density at radius 3 is 2.86 bits per heavy atom. The number of aliphatic hydroxyl groups excluding tert-OH is 1. The average molecular weight is 286 g/mol. The van der Waals surface area contributed by atoms with Crippen LogP contribution in [-0.2, 0) is 13.6 Å². The highest BCUT2D eigenvalue weighted by molar-refractivity contribution is 5.61. The summed E-state index contributed by atoms with van der Waals surface area (Å²) in [5, 5.41) is 17.9. The van der Waals surface area contributed by atoms with E-state index in [2.05, 4.69) is 15.4 Å². The molecule has 2 aromatic heterocycles. The highest BCUT2D eigenvalue weighted by atomic mass is 16.3. The summed E-state index contributed by atoms with van der Waals surface area (Å²) in [6, 6.07) is 3.96. The normalized spacial score (nSPS) is 21.8. The lowest BCUT2D eigenvalue weighted by molar-refractivity contribution is 0.131. The number of hydrogen-bond acceptors (Lipinski definition) is 4. The van der Waals surface area contributed by atoms with Crippen molar-refractivity contribution in [3.63, 3.8) is 0 Å². The highest BCUT2D eigenvalue weighted by Crippen LogP contribution is 2.25. The van der Waals surface area contributed by atoms with Gasteiger partial charge in [0.25, 0.3) is 0 Å². The van der Waals surface area contributed by atoms with Gasteiger partial charge < -0.3 is 10.4 Å². The molecular weight excluding hydrogens is 264 g/mol. The third-order valence-electron chi connectivity index (χ3n) is 4.20. The summed E-state index contributed by atoms with van der Waals surface area (Å²) < 4.78 is 1.84. The lowest BCUT2D eigenvalue weighted by atomic mass is 10.1. The van der Waals surface area contributed by atoms with E-state index in [0.29, 0.717) is 5.92 Å². The molecule has 1 fully saturated rings. The van der Waals surface area contributed by atoms with Crippen LogP contribution in [0.25, 0.3) is 11.3 Å². The third kappa shape index (κ3) is 3.31. The molecule has 1 saturated carbocycles. The highest BCUT2D eigenvalue weighted by Gasteiger charge is 2.24. The van der Waals surface area contributed by atoms with Gasteiger partial charge in [-0.05, 0) is 30.9 Å². The lowest BCUT2D eigenvalue weighted by Crippen LogP contribution is -2.27. The molecule has 0 aliphatic heterocycles. The van der Waals surface area contributed by atoms with Gasteiger partial charge in [0, 0.05) is 49.9 Å². The van der Waals surface area contributed by atoms with Crippen molar-refractivity contribution in [2.24, 2.45) is 13.0 Å². The summed E-state index contributed by atoms with van der Waals surface area (Å²) in [6.07, 6.45) is 8.70. The van der Waals surface area contributed by atoms with Gasteiger partial charge in [-0.1, -0.05) is 6.42 Å². The van der Waals surface area contributed by atoms with Crippen LogP contribution in [-0.4, -0.2) is 32.5 Å². The van der Waals surface area contributed by atoms with Crippen LogP contribution in [0.5, 0.6) is 0 Å². The summed E-state index contributed by atoms with van der Waals surface area (Å²) >= 11 is 0. The van der Waals surface area contributed by atoms with E-state index in [9.17, 15) is 5.11 Å². The summed E-state index contributed by atoms with van der Waals surface area (Å²) in [4.78, 5) is 4.05. The molecule has 2 N–H and O–H groups in total. The summed E-state index contributed by atoms with van der Waals surface area (Å²) in [5.74, 6) is 0.394. The molecular formula is C16H22N4O. The van der Waals surface area contributed by atoms with E-state index >= 15 is 0 Å². The van der Waals surface area contributed by atoms with Gasteiger partial charge in [-0.25, -0.2) is 0 Å². The predicted molar refractivity (Wildman–Crippen MR) is 81.5 cm³/mol. The summed E-state index contributed by atoms with van der Waals surface area (Å²) in [7, 11) is 1.94. The van der Waals surface area contributed by atoms with Gasteiger partial charge in [0.15, 0.2) is 0 Å². The fraction of sp³-hybridized carbons (Fsp3) is 0.500. The Bertz CT molecular complexity index is 581. The average Bonchev–Trinajstić information content (AvgIpc) is 3.06. The molecule has 5 nitrogen and oxygen atoms in total. The Morgan fingerprint density at radius 1 is 1.33 bits per heavy atom. The van der Waals surface area contributed by atoms with Crippen molar-refractivity contribution in [2.45, 2.75) is 31.9 Å². The molecule has 3 rings (SSSR count). The second kappa shape index (κ2) is 6.37. The van der Waals surface area contributed by atoms with Gasteiger partial charge in [0.1, 0.15) is 0 Å². The largest absolute Gasteiger partial charge is 0.393 e. The number of aliphatic hydroxyl groups is 1. The lowest BCUT2D eigenvalue weighted by Gasteiger charge is -2.15. The van der Waals surface area contributed by atoms with Crippen molar-refractivity contribution in [3.8, 4) is 11.3 Å². The number of pyridine rings is 1. The van der Waals surface area contributed by atoms with Crippen molar-refractivity contribution in [1.29, 1.82) is 0 Å². The molecule has 0 aromatic carbocycles. The molecule has 2 atom stereocenters. The fourth-order valence-electron chi connectivity index (χ4n) is 3.07. The minimum absolute atomic E-state index is 0.133. The van der Waals surface area contributed by atoms with Crippen LogP contribution in [0.4, 0.5) is 0 Å². The second-order valence-corrected chi connectivity index (χ2v) is 5.80. The zero-order chi connectivity index (χ0) is 14.7. The number of nitrogens with zero attached hydrogens (tertiary/aromatic N) is 3. The van der Waals surface area contributed by atoms with Crippen molar-refractivity contribution in [2.75, 3.05) is 6.54 Å². The van der Waals surface area contributed by atoms with E-state index < -0.39 is 0 Å². The van der Waals surface area contributed by atoms with Crippen molar-refractivity contribution in [1.82, 2.24) is 20.1 Å². The molecule has 5 heteroatoms. The first-order valence-electron chi connectivity index (χ1n) is 7.56. The Balaban J connectivity index is 1.65. The minimum atomic E-state index is -0.133. The maximum atomic E-state index is 9.86. The molecule has 1 aliphatic carbocycles. The van der Waals surface area contributed by atoms with Gasteiger partial charge in [0.2, 0.25) is 0 Å². The number of nitrogens with one attached hydrogen (secondary N) is 1. The molecule has 0 saturated heterocycles. The molecule has 112 valence electrons. The van der Waals surface area contributed by atoms with Gasteiger partial charge >= 0.3 is 0 Å². The fourth-order valence-corrected chi connectivity index (χ4v) is 3.07. The Morgan fingerprint density at radius 2 is 2.14 bits per heavy atom. The van der Waals surface area contributed by atoms with Crippen LogP contribution in [0.1, 0.15) is 24.8 Å². The van der Waals surface area contributed by atoms with E-state index in [-0.39, 0.29) is 6.10 Å². The number of hydrogen-bond donors (Lipinski definition) is 2. The van der Waals surface area contributed by atoms with E-state index in [1.807, 2.05) is 30.1 Å². The molecule has 2 heterocycles. The van der Waals surface area contributed by atoms with Crippen molar-refractivity contribution in [3.05, 3.63) is 36.3 Å². The van der Waals surface area contributed by atoms with E-state index in [4.69, 9.17) is 0 Å². The summed E-state index contributed by atoms with van der Waals surface area (Å²) in [6.45, 7) is 1.64.